The number of hydrogen-bond acceptors (Lipinski definition) is 2. The average Bonchev–Trinajstić information content (AvgIpc) is 1.41. The maximum atomic E-state index is 9.04. The largest absolute Gasteiger partial charge is 0.223 e. The molecule has 2 heteroatoms. The van der Waals surface area contributed by atoms with Crippen LogP contribution in [0, 0.1) is 0 Å². The summed E-state index contributed by atoms with van der Waals surface area (Å²) in [5.74, 6) is 1.30. The fourth-order valence-electron chi connectivity index (χ4n) is 0.0208. The lowest BCUT2D eigenvalue weighted by Gasteiger charge is -1.19. The first kappa shape index (κ1) is 4.36. The van der Waals surface area contributed by atoms with Crippen molar-refractivity contribution >= 4 is 23.2 Å². The van der Waals surface area contributed by atoms with E-state index >= 15 is 0 Å². The van der Waals surface area contributed by atoms with E-state index in [9.17, 15) is 0 Å². The molecular formula is C3OS. The molecule has 24 valence electrons. The molecule has 0 amide bonds. The van der Waals surface area contributed by atoms with E-state index in [1.54, 1.807) is 0 Å². The molecule has 0 N–H and O–H groups in total. The third-order valence-electron chi connectivity index (χ3n) is 0.102. The predicted molar refractivity (Wildman–Crippen MR) is 21.8 cm³/mol. The van der Waals surface area contributed by atoms with Crippen molar-refractivity contribution in [3.8, 4) is 0 Å². The highest BCUT2D eigenvalue weighted by Crippen LogP contribution is 1.27. The van der Waals surface area contributed by atoms with Crippen LogP contribution in [0.15, 0.2) is 5.73 Å². The van der Waals surface area contributed by atoms with Crippen molar-refractivity contribution in [3.05, 3.63) is 5.73 Å². The van der Waals surface area contributed by atoms with Crippen molar-refractivity contribution < 1.29 is 4.79 Å². The molecule has 0 rings (SSSR count). The monoisotopic (exact) mass is 84.0 g/mol. The van der Waals surface area contributed by atoms with Gasteiger partial charge in [-0.15, -0.1) is 0 Å². The summed E-state index contributed by atoms with van der Waals surface area (Å²) in [6.45, 7) is 0. The van der Waals surface area contributed by atoms with Gasteiger partial charge in [-0.3, -0.25) is 0 Å². The Morgan fingerprint density at radius 1 is 1.60 bits per heavy atom. The molecule has 0 aliphatic rings. The van der Waals surface area contributed by atoms with Gasteiger partial charge in [0.15, 0.2) is 5.94 Å². The van der Waals surface area contributed by atoms with Crippen LogP contribution in [-0.2, 0) is 4.79 Å². The van der Waals surface area contributed by atoms with Crippen LogP contribution in [0.2, 0.25) is 0 Å². The van der Waals surface area contributed by atoms with Crippen molar-refractivity contribution in [2.45, 2.75) is 0 Å². The minimum absolute atomic E-state index is 1.30. The summed E-state index contributed by atoms with van der Waals surface area (Å²) in [6, 6.07) is 0. The molecule has 0 aromatic rings. The van der Waals surface area contributed by atoms with Gasteiger partial charge < -0.3 is 0 Å². The molecule has 0 aromatic heterocycles. The van der Waals surface area contributed by atoms with Gasteiger partial charge in [-0.05, 0) is 12.2 Å². The summed E-state index contributed by atoms with van der Waals surface area (Å²) in [4.78, 5) is 9.04. The van der Waals surface area contributed by atoms with Crippen molar-refractivity contribution in [2.24, 2.45) is 0 Å². The molecular weight excluding hydrogens is 84.1 g/mol. The Morgan fingerprint density at radius 2 is 2.20 bits per heavy atom. The van der Waals surface area contributed by atoms with E-state index in [0.29, 0.717) is 0 Å². The molecule has 0 fully saturated rings. The smallest absolute Gasteiger partial charge is 0.186 e. The minimum atomic E-state index is 1.30. The quantitative estimate of drug-likeness (QED) is 0.236. The standard InChI is InChI=1S/C3OS/c4-2-1-3-5. The maximum absolute atomic E-state index is 9.04. The van der Waals surface area contributed by atoms with Gasteiger partial charge in [0.1, 0.15) is 0 Å². The Labute approximate surface area is 34.6 Å². The normalized spacial score (nSPS) is 3.20. The molecule has 0 bridgehead atoms. The van der Waals surface area contributed by atoms with Crippen LogP contribution in [0.3, 0.4) is 0 Å². The zero-order valence-corrected chi connectivity index (χ0v) is 3.13. The molecule has 5 heavy (non-hydrogen) atoms. The summed E-state index contributed by atoms with van der Waals surface area (Å²) in [5.41, 5.74) is 1.87. The molecule has 0 radical (unpaired) electrons. The lowest BCUT2D eigenvalue weighted by Crippen LogP contribution is -1.31. The number of thiocarbonyl (C=S) groups is 1. The number of carbonyl (C=O) groups excluding carboxylic acids is 1. The first-order chi connectivity index (χ1) is 2.41. The Bertz CT molecular complexity index is 98.9. The van der Waals surface area contributed by atoms with Crippen LogP contribution in [0.5, 0.6) is 0 Å². The number of rotatable bonds is 0. The topological polar surface area (TPSA) is 17.1 Å². The van der Waals surface area contributed by atoms with Gasteiger partial charge >= 0.3 is 0 Å². The first-order valence-electron chi connectivity index (χ1n) is 0.908. The van der Waals surface area contributed by atoms with Gasteiger partial charge in [0.2, 0.25) is 0 Å². The minimum Gasteiger partial charge on any atom is -0.223 e. The van der Waals surface area contributed by atoms with Gasteiger partial charge in [-0.1, -0.05) is 0 Å². The molecule has 0 saturated heterocycles. The van der Waals surface area contributed by atoms with E-state index in [-0.39, 0.29) is 0 Å². The summed E-state index contributed by atoms with van der Waals surface area (Å²) in [6.07, 6.45) is 0. The molecule has 0 atom stereocenters. The van der Waals surface area contributed by atoms with Crippen molar-refractivity contribution in [1.29, 1.82) is 0 Å². The zero-order valence-electron chi connectivity index (χ0n) is 2.32. The molecule has 0 unspecified atom stereocenters. The summed E-state index contributed by atoms with van der Waals surface area (Å²) in [5, 5.41) is 1.93. The van der Waals surface area contributed by atoms with Gasteiger partial charge in [0, 0.05) is 10.8 Å². The highest BCUT2D eigenvalue weighted by atomic mass is 32.1. The molecule has 0 spiro atoms. The number of hydrogen-bond donors (Lipinski definition) is 0. The first-order valence-corrected chi connectivity index (χ1v) is 1.32. The predicted octanol–water partition coefficient (Wildman–Crippen LogP) is 0.128. The molecule has 1 nitrogen and oxygen atoms in total. The van der Waals surface area contributed by atoms with Gasteiger partial charge in [0.05, 0.1) is 0 Å². The third kappa shape index (κ3) is 3.36. The van der Waals surface area contributed by atoms with Crippen molar-refractivity contribution in [1.82, 2.24) is 0 Å². The zero-order chi connectivity index (χ0) is 4.12. The van der Waals surface area contributed by atoms with E-state index in [1.165, 1.54) is 5.94 Å². The Hall–Kier alpha value is -0.640. The molecule has 0 aliphatic heterocycles. The summed E-state index contributed by atoms with van der Waals surface area (Å²) >= 11 is 4.03. The SMILES string of the molecule is O=C=C=C=S. The lowest BCUT2D eigenvalue weighted by atomic mass is 11.0. The van der Waals surface area contributed by atoms with Crippen LogP contribution in [0.4, 0.5) is 0 Å². The van der Waals surface area contributed by atoms with E-state index in [4.69, 9.17) is 4.79 Å². The molecule has 0 saturated carbocycles. The Kier molecular flexibility index (Phi) is 2.93. The molecule has 0 heterocycles. The third-order valence-corrected chi connectivity index (χ3v) is 0.204. The van der Waals surface area contributed by atoms with Crippen LogP contribution in [0.25, 0.3) is 0 Å². The van der Waals surface area contributed by atoms with Crippen molar-refractivity contribution in [2.75, 3.05) is 0 Å². The summed E-state index contributed by atoms with van der Waals surface area (Å²) in [7, 11) is 0. The second kappa shape index (κ2) is 3.36. The highest BCUT2D eigenvalue weighted by molar-refractivity contribution is 7.78. The molecule has 0 aromatic carbocycles. The van der Waals surface area contributed by atoms with Gasteiger partial charge in [-0.2, -0.15) is 0 Å². The van der Waals surface area contributed by atoms with Gasteiger partial charge in [0.25, 0.3) is 0 Å². The Balaban J connectivity index is 4.38. The van der Waals surface area contributed by atoms with E-state index in [0.717, 1.165) is 0 Å². The van der Waals surface area contributed by atoms with Gasteiger partial charge in [-0.25, -0.2) is 4.79 Å². The van der Waals surface area contributed by atoms with Crippen LogP contribution in [-0.4, -0.2) is 11.0 Å². The van der Waals surface area contributed by atoms with Crippen molar-refractivity contribution in [3.63, 3.8) is 0 Å². The lowest BCUT2D eigenvalue weighted by molar-refractivity contribution is 0.569. The van der Waals surface area contributed by atoms with E-state index in [2.05, 4.69) is 12.2 Å². The average molecular weight is 84.1 g/mol. The highest BCUT2D eigenvalue weighted by Gasteiger charge is 1.28. The fraction of sp³-hybridized carbons (Fsp3) is 0. The second-order valence-corrected chi connectivity index (χ2v) is 0.533. The fourth-order valence-corrected chi connectivity index (χ4v) is 0.0625. The van der Waals surface area contributed by atoms with E-state index < -0.39 is 0 Å². The maximum Gasteiger partial charge on any atom is 0.186 e. The van der Waals surface area contributed by atoms with Crippen LogP contribution in [0.1, 0.15) is 0 Å². The van der Waals surface area contributed by atoms with E-state index in [1.807, 2.05) is 10.8 Å². The molecule has 0 aliphatic carbocycles. The van der Waals surface area contributed by atoms with Crippen LogP contribution >= 0.6 is 12.2 Å². The van der Waals surface area contributed by atoms with Crippen LogP contribution < -0.4 is 0 Å². The Morgan fingerprint density at radius 3 is 2.20 bits per heavy atom. The second-order valence-electron chi connectivity index (χ2n) is 0.329. The summed E-state index contributed by atoms with van der Waals surface area (Å²) < 4.78 is 0.